The van der Waals surface area contributed by atoms with Gasteiger partial charge < -0.3 is 20.9 Å². The van der Waals surface area contributed by atoms with Crippen molar-refractivity contribution in [3.63, 3.8) is 0 Å². The first kappa shape index (κ1) is 26.3. The molecule has 2 aliphatic heterocycles. The molecule has 7 rings (SSSR count). The molecule has 2 fully saturated rings. The lowest BCUT2D eigenvalue weighted by Gasteiger charge is -2.39. The van der Waals surface area contributed by atoms with Crippen LogP contribution >= 0.6 is 11.3 Å². The average Bonchev–Trinajstić information content (AvgIpc) is 3.38. The summed E-state index contributed by atoms with van der Waals surface area (Å²) in [5, 5.41) is 7.83. The molecule has 1 aliphatic carbocycles. The minimum absolute atomic E-state index is 0.0706. The second-order valence-corrected chi connectivity index (χ2v) is 12.4. The van der Waals surface area contributed by atoms with Gasteiger partial charge in [0, 0.05) is 50.1 Å². The van der Waals surface area contributed by atoms with Gasteiger partial charge in [-0.3, -0.25) is 15.0 Å². The van der Waals surface area contributed by atoms with Crippen molar-refractivity contribution >= 4 is 55.6 Å². The Balaban J connectivity index is 1.03. The number of hydrogen-bond acceptors (Lipinski definition) is 9. The van der Waals surface area contributed by atoms with Crippen molar-refractivity contribution in [2.75, 3.05) is 38.0 Å². The second-order valence-electron chi connectivity index (χ2n) is 11.5. The van der Waals surface area contributed by atoms with E-state index >= 15 is 0 Å². The zero-order chi connectivity index (χ0) is 28.0. The molecular weight excluding hydrogens is 534 g/mol. The van der Waals surface area contributed by atoms with Gasteiger partial charge >= 0.3 is 0 Å². The van der Waals surface area contributed by atoms with Crippen molar-refractivity contribution < 1.29 is 4.79 Å². The Bertz CT molecular complexity index is 1640. The number of nitrogens with zero attached hydrogens (tertiary/aromatic N) is 5. The monoisotopic (exact) mass is 569 g/mol. The maximum Gasteiger partial charge on any atom is 0.230 e. The lowest BCUT2D eigenvalue weighted by atomic mass is 9.99. The fraction of sp³-hybridized carbons (Fsp3) is 0.400. The van der Waals surface area contributed by atoms with Crippen LogP contribution in [-0.2, 0) is 4.79 Å². The summed E-state index contributed by atoms with van der Waals surface area (Å²) in [4.78, 5) is 34.9. The molecule has 0 radical (unpaired) electrons. The smallest absolute Gasteiger partial charge is 0.230 e. The SMILES string of the molecule is C=CCC1CN(CC2(C(=O)N3CC=C(c4cc5c(Nc6ccc7ncsc7c6)ncnc5[nH]4)CC3)CC2)CC(N)N1. The van der Waals surface area contributed by atoms with Crippen LogP contribution in [0.1, 0.15) is 31.4 Å². The standard InChI is InChI=1S/C30H35N9OS/c1-2-3-21-14-38(15-26(31)35-21)16-30(8-9-30)29(40)39-10-6-19(7-11-39)24-13-22-27(32-17-33-28(22)37-24)36-20-4-5-23-25(12-20)41-18-34-23/h2,4-6,12-13,17-18,21,26,35H,1,3,7-11,14-16,31H2,(H2,32,33,36,37). The normalized spacial score (nSPS) is 22.6. The summed E-state index contributed by atoms with van der Waals surface area (Å²) in [7, 11) is 0. The van der Waals surface area contributed by atoms with E-state index in [-0.39, 0.29) is 17.5 Å². The Kier molecular flexibility index (Phi) is 6.82. The van der Waals surface area contributed by atoms with Gasteiger partial charge in [0.05, 0.1) is 32.7 Å². The molecule has 1 saturated heterocycles. The first-order valence-corrected chi connectivity index (χ1v) is 15.2. The van der Waals surface area contributed by atoms with Crippen molar-refractivity contribution in [2.24, 2.45) is 11.1 Å². The summed E-state index contributed by atoms with van der Waals surface area (Å²) < 4.78 is 1.13. The van der Waals surface area contributed by atoms with Crippen LogP contribution in [-0.4, -0.2) is 80.6 Å². The Morgan fingerprint density at radius 3 is 2.95 bits per heavy atom. The highest BCUT2D eigenvalue weighted by atomic mass is 32.1. The number of benzene rings is 1. The van der Waals surface area contributed by atoms with Crippen molar-refractivity contribution in [3.8, 4) is 0 Å². The van der Waals surface area contributed by atoms with Crippen LogP contribution < -0.4 is 16.4 Å². The largest absolute Gasteiger partial charge is 0.340 e. The number of carbonyl (C=O) groups is 1. The second kappa shape index (κ2) is 10.6. The molecule has 3 aromatic heterocycles. The first-order valence-electron chi connectivity index (χ1n) is 14.3. The summed E-state index contributed by atoms with van der Waals surface area (Å²) in [5.74, 6) is 1.04. The zero-order valence-electron chi connectivity index (χ0n) is 23.0. The van der Waals surface area contributed by atoms with Gasteiger partial charge in [-0.05, 0) is 55.5 Å². The summed E-state index contributed by atoms with van der Waals surface area (Å²) in [6, 6.07) is 8.52. The van der Waals surface area contributed by atoms with E-state index in [1.807, 2.05) is 28.6 Å². The highest BCUT2D eigenvalue weighted by molar-refractivity contribution is 7.16. The molecule has 1 aromatic carbocycles. The predicted molar refractivity (Wildman–Crippen MR) is 164 cm³/mol. The number of fused-ring (bicyclic) bond motifs is 2. The van der Waals surface area contributed by atoms with E-state index < -0.39 is 0 Å². The van der Waals surface area contributed by atoms with Crippen molar-refractivity contribution in [2.45, 2.75) is 37.9 Å². The number of aromatic amines is 1. The van der Waals surface area contributed by atoms with Gasteiger partial charge in [-0.15, -0.1) is 17.9 Å². The molecule has 2 atom stereocenters. The molecule has 5 heterocycles. The Labute approximate surface area is 242 Å². The third kappa shape index (κ3) is 5.26. The molecule has 5 N–H and O–H groups in total. The van der Waals surface area contributed by atoms with Gasteiger partial charge in [-0.2, -0.15) is 0 Å². The number of amides is 1. The molecule has 4 aromatic rings. The molecule has 41 heavy (non-hydrogen) atoms. The van der Waals surface area contributed by atoms with Crippen LogP contribution in [0.25, 0.3) is 26.8 Å². The number of nitrogens with two attached hydrogens (primary N) is 1. The van der Waals surface area contributed by atoms with Gasteiger partial charge in [0.15, 0.2) is 0 Å². The average molecular weight is 570 g/mol. The highest BCUT2D eigenvalue weighted by Crippen LogP contribution is 2.48. The van der Waals surface area contributed by atoms with Crippen LogP contribution in [0.3, 0.4) is 0 Å². The molecule has 2 unspecified atom stereocenters. The Morgan fingerprint density at radius 1 is 1.24 bits per heavy atom. The quantitative estimate of drug-likeness (QED) is 0.236. The van der Waals surface area contributed by atoms with Crippen LogP contribution in [0, 0.1) is 5.41 Å². The van der Waals surface area contributed by atoms with E-state index in [4.69, 9.17) is 5.73 Å². The first-order chi connectivity index (χ1) is 20.0. The third-order valence-corrected chi connectivity index (χ3v) is 9.32. The number of thiazole rings is 1. The van der Waals surface area contributed by atoms with Gasteiger partial charge in [0.2, 0.25) is 5.91 Å². The van der Waals surface area contributed by atoms with E-state index in [9.17, 15) is 4.79 Å². The molecule has 3 aliphatic rings. The van der Waals surface area contributed by atoms with Crippen LogP contribution in [0.15, 0.2) is 54.8 Å². The third-order valence-electron chi connectivity index (χ3n) is 8.53. The minimum atomic E-state index is -0.263. The van der Waals surface area contributed by atoms with E-state index in [1.165, 1.54) is 5.57 Å². The number of anilines is 2. The maximum absolute atomic E-state index is 13.7. The molecule has 1 saturated carbocycles. The fourth-order valence-electron chi connectivity index (χ4n) is 6.28. The summed E-state index contributed by atoms with van der Waals surface area (Å²) in [6.07, 6.45) is 9.21. The lowest BCUT2D eigenvalue weighted by molar-refractivity contribution is -0.137. The molecular formula is C30H35N9OS. The Hall–Kier alpha value is -3.64. The molecule has 0 bridgehead atoms. The number of carbonyl (C=O) groups excluding carboxylic acids is 1. The fourth-order valence-corrected chi connectivity index (χ4v) is 7.00. The zero-order valence-corrected chi connectivity index (χ0v) is 23.8. The number of aromatic nitrogens is 4. The number of piperazine rings is 1. The summed E-state index contributed by atoms with van der Waals surface area (Å²) in [5.41, 5.74) is 12.8. The maximum atomic E-state index is 13.7. The highest BCUT2D eigenvalue weighted by Gasteiger charge is 2.53. The number of rotatable bonds is 8. The van der Waals surface area contributed by atoms with Crippen molar-refractivity contribution in [1.82, 2.24) is 35.1 Å². The number of H-pyrrole nitrogens is 1. The van der Waals surface area contributed by atoms with Crippen LogP contribution in [0.5, 0.6) is 0 Å². The molecule has 0 spiro atoms. The summed E-state index contributed by atoms with van der Waals surface area (Å²) in [6.45, 7) is 7.67. The van der Waals surface area contributed by atoms with E-state index in [0.717, 1.165) is 83.8 Å². The van der Waals surface area contributed by atoms with Gasteiger partial charge in [0.1, 0.15) is 17.8 Å². The number of hydrogen-bond donors (Lipinski definition) is 4. The van der Waals surface area contributed by atoms with Gasteiger partial charge in [-0.1, -0.05) is 12.2 Å². The van der Waals surface area contributed by atoms with Gasteiger partial charge in [0.25, 0.3) is 0 Å². The van der Waals surface area contributed by atoms with Crippen LogP contribution in [0.2, 0.25) is 0 Å². The Morgan fingerprint density at radius 2 is 2.15 bits per heavy atom. The van der Waals surface area contributed by atoms with E-state index in [1.54, 1.807) is 17.7 Å². The topological polar surface area (TPSA) is 128 Å². The van der Waals surface area contributed by atoms with E-state index in [2.05, 4.69) is 60.3 Å². The van der Waals surface area contributed by atoms with Crippen LogP contribution in [0.4, 0.5) is 11.5 Å². The minimum Gasteiger partial charge on any atom is -0.340 e. The molecule has 1 amide bonds. The predicted octanol–water partition coefficient (Wildman–Crippen LogP) is 3.84. The van der Waals surface area contributed by atoms with E-state index in [0.29, 0.717) is 19.1 Å². The molecule has 212 valence electrons. The lowest BCUT2D eigenvalue weighted by Crippen LogP contribution is -2.61. The van der Waals surface area contributed by atoms with Crippen molar-refractivity contribution in [1.29, 1.82) is 0 Å². The molecule has 10 nitrogen and oxygen atoms in total. The summed E-state index contributed by atoms with van der Waals surface area (Å²) >= 11 is 1.62. The molecule has 11 heteroatoms. The number of nitrogens with one attached hydrogen (secondary N) is 3. The van der Waals surface area contributed by atoms with Gasteiger partial charge in [-0.25, -0.2) is 15.0 Å². The van der Waals surface area contributed by atoms with Crippen molar-refractivity contribution in [3.05, 3.63) is 60.5 Å².